The fraction of sp³-hybridized carbons (Fsp3) is 0.867. The number of rotatable bonds is 6. The Morgan fingerprint density at radius 3 is 2.33 bits per heavy atom. The molecule has 1 unspecified atom stereocenters. The number of likely N-dealkylation sites (tertiary alicyclic amines) is 1. The van der Waals surface area contributed by atoms with Crippen LogP contribution >= 0.6 is 0 Å². The van der Waals surface area contributed by atoms with Crippen LogP contribution in [0.5, 0.6) is 0 Å². The summed E-state index contributed by atoms with van der Waals surface area (Å²) in [6.45, 7) is 8.70. The fourth-order valence-corrected chi connectivity index (χ4v) is 2.53. The van der Waals surface area contributed by atoms with Crippen LogP contribution in [0.2, 0.25) is 0 Å². The van der Waals surface area contributed by atoms with E-state index in [2.05, 4.69) is 29.5 Å². The van der Waals surface area contributed by atoms with Gasteiger partial charge in [-0.15, -0.1) is 0 Å². The number of carbonyl (C=O) groups is 2. The molecular formula is C15H29N3O3. The number of nitrogens with one attached hydrogen (secondary N) is 2. The zero-order chi connectivity index (χ0) is 16.0. The van der Waals surface area contributed by atoms with Crippen molar-refractivity contribution in [3.63, 3.8) is 0 Å². The third-order valence-corrected chi connectivity index (χ3v) is 4.18. The summed E-state index contributed by atoms with van der Waals surface area (Å²) in [7, 11) is 2.10. The molecule has 0 spiro atoms. The Morgan fingerprint density at radius 2 is 1.86 bits per heavy atom. The highest BCUT2D eigenvalue weighted by Crippen LogP contribution is 2.29. The predicted octanol–water partition coefficient (Wildman–Crippen LogP) is 1.52. The lowest BCUT2D eigenvalue weighted by atomic mass is 9.80. The standard InChI is InChI=1S/C15H29N3O3/c1-11(2)9-12(13(19)20)17-14(21)16-10-15(3)5-7-18(4)8-6-15/h11-12H,5-10H2,1-4H3,(H,19,20)(H2,16,17,21). The molecule has 0 aromatic heterocycles. The van der Waals surface area contributed by atoms with Gasteiger partial charge in [-0.05, 0) is 50.7 Å². The van der Waals surface area contributed by atoms with Gasteiger partial charge in [0.05, 0.1) is 0 Å². The summed E-state index contributed by atoms with van der Waals surface area (Å²) in [4.78, 5) is 25.3. The van der Waals surface area contributed by atoms with E-state index >= 15 is 0 Å². The van der Waals surface area contributed by atoms with Crippen LogP contribution in [0.1, 0.15) is 40.0 Å². The van der Waals surface area contributed by atoms with E-state index in [1.54, 1.807) is 0 Å². The molecule has 0 aromatic rings. The number of carbonyl (C=O) groups excluding carboxylic acids is 1. The maximum Gasteiger partial charge on any atom is 0.326 e. The SMILES string of the molecule is CC(C)CC(NC(=O)NCC1(C)CCN(C)CC1)C(=O)O. The first-order valence-corrected chi connectivity index (χ1v) is 7.67. The third-order valence-electron chi connectivity index (χ3n) is 4.18. The van der Waals surface area contributed by atoms with Gasteiger partial charge in [0.1, 0.15) is 6.04 Å². The Labute approximate surface area is 127 Å². The molecule has 6 heteroatoms. The quantitative estimate of drug-likeness (QED) is 0.694. The molecule has 1 aliphatic rings. The molecule has 0 saturated carbocycles. The van der Waals surface area contributed by atoms with Crippen LogP contribution in [0, 0.1) is 11.3 Å². The monoisotopic (exact) mass is 299 g/mol. The average Bonchev–Trinajstić information content (AvgIpc) is 2.39. The maximum absolute atomic E-state index is 11.9. The first kappa shape index (κ1) is 17.8. The second kappa shape index (κ2) is 7.64. The number of aliphatic carboxylic acids is 1. The Balaban J connectivity index is 2.40. The van der Waals surface area contributed by atoms with Crippen molar-refractivity contribution in [2.24, 2.45) is 11.3 Å². The highest BCUT2D eigenvalue weighted by molar-refractivity contribution is 5.82. The fourth-order valence-electron chi connectivity index (χ4n) is 2.53. The van der Waals surface area contributed by atoms with Crippen LogP contribution < -0.4 is 10.6 Å². The molecule has 1 aliphatic heterocycles. The second-order valence-electron chi connectivity index (χ2n) is 6.96. The topological polar surface area (TPSA) is 81.7 Å². The molecule has 1 saturated heterocycles. The Hall–Kier alpha value is -1.30. The summed E-state index contributed by atoms with van der Waals surface area (Å²) in [5, 5.41) is 14.5. The van der Waals surface area contributed by atoms with Crippen LogP contribution in [0.4, 0.5) is 4.79 Å². The first-order valence-electron chi connectivity index (χ1n) is 7.67. The summed E-state index contributed by atoms with van der Waals surface area (Å²) in [6, 6.07) is -1.21. The van der Waals surface area contributed by atoms with Crippen LogP contribution in [-0.2, 0) is 4.79 Å². The number of hydrogen-bond acceptors (Lipinski definition) is 3. The van der Waals surface area contributed by atoms with Crippen LogP contribution in [-0.4, -0.2) is 54.7 Å². The van der Waals surface area contributed by atoms with E-state index in [1.165, 1.54) is 0 Å². The zero-order valence-electron chi connectivity index (χ0n) is 13.6. The van der Waals surface area contributed by atoms with Crippen molar-refractivity contribution in [1.82, 2.24) is 15.5 Å². The Morgan fingerprint density at radius 1 is 1.29 bits per heavy atom. The maximum atomic E-state index is 11.9. The minimum atomic E-state index is -0.982. The lowest BCUT2D eigenvalue weighted by Gasteiger charge is -2.38. The van der Waals surface area contributed by atoms with Gasteiger partial charge in [-0.3, -0.25) is 0 Å². The van der Waals surface area contributed by atoms with Gasteiger partial charge in [0.25, 0.3) is 0 Å². The van der Waals surface area contributed by atoms with Crippen molar-refractivity contribution in [3.8, 4) is 0 Å². The summed E-state index contributed by atoms with van der Waals surface area (Å²) in [6.07, 6.45) is 2.51. The van der Waals surface area contributed by atoms with Gasteiger partial charge in [0.15, 0.2) is 0 Å². The number of piperidine rings is 1. The minimum absolute atomic E-state index is 0.0978. The van der Waals surface area contributed by atoms with Gasteiger partial charge in [-0.25, -0.2) is 9.59 Å². The molecule has 6 nitrogen and oxygen atoms in total. The highest BCUT2D eigenvalue weighted by atomic mass is 16.4. The second-order valence-corrected chi connectivity index (χ2v) is 6.96. The van der Waals surface area contributed by atoms with Gasteiger partial charge in [-0.2, -0.15) is 0 Å². The molecule has 2 amide bonds. The lowest BCUT2D eigenvalue weighted by molar-refractivity contribution is -0.139. The minimum Gasteiger partial charge on any atom is -0.480 e. The van der Waals surface area contributed by atoms with E-state index in [0.29, 0.717) is 13.0 Å². The summed E-state index contributed by atoms with van der Waals surface area (Å²) >= 11 is 0. The molecule has 1 heterocycles. The van der Waals surface area contributed by atoms with Gasteiger partial charge in [0.2, 0.25) is 0 Å². The van der Waals surface area contributed by atoms with Crippen LogP contribution in [0.25, 0.3) is 0 Å². The molecule has 1 rings (SSSR count). The molecule has 0 aliphatic carbocycles. The predicted molar refractivity (Wildman–Crippen MR) is 82.3 cm³/mol. The molecule has 1 fully saturated rings. The summed E-state index contributed by atoms with van der Waals surface area (Å²) in [5.41, 5.74) is 0.0978. The first-order chi connectivity index (χ1) is 9.72. The van der Waals surface area contributed by atoms with Crippen LogP contribution in [0.15, 0.2) is 0 Å². The Bertz CT molecular complexity index is 363. The largest absolute Gasteiger partial charge is 0.480 e. The van der Waals surface area contributed by atoms with Crippen molar-refractivity contribution in [1.29, 1.82) is 0 Å². The molecule has 122 valence electrons. The number of carboxylic acids is 1. The van der Waals surface area contributed by atoms with E-state index in [1.807, 2.05) is 13.8 Å². The zero-order valence-corrected chi connectivity index (χ0v) is 13.6. The van der Waals surface area contributed by atoms with E-state index in [9.17, 15) is 9.59 Å². The van der Waals surface area contributed by atoms with Crippen molar-refractivity contribution >= 4 is 12.0 Å². The highest BCUT2D eigenvalue weighted by Gasteiger charge is 2.29. The van der Waals surface area contributed by atoms with E-state index in [4.69, 9.17) is 5.11 Å². The normalized spacial score (nSPS) is 20.0. The molecule has 21 heavy (non-hydrogen) atoms. The Kier molecular flexibility index (Phi) is 6.45. The average molecular weight is 299 g/mol. The summed E-state index contributed by atoms with van der Waals surface area (Å²) in [5.74, 6) is -0.762. The lowest BCUT2D eigenvalue weighted by Crippen LogP contribution is -2.50. The molecule has 1 atom stereocenters. The molecule has 0 radical (unpaired) electrons. The van der Waals surface area contributed by atoms with Crippen molar-refractivity contribution < 1.29 is 14.7 Å². The van der Waals surface area contributed by atoms with Crippen molar-refractivity contribution in [2.75, 3.05) is 26.7 Å². The number of nitrogens with zero attached hydrogens (tertiary/aromatic N) is 1. The molecule has 3 N–H and O–H groups in total. The van der Waals surface area contributed by atoms with Crippen molar-refractivity contribution in [2.45, 2.75) is 46.1 Å². The van der Waals surface area contributed by atoms with E-state index < -0.39 is 12.0 Å². The van der Waals surface area contributed by atoms with Crippen LogP contribution in [0.3, 0.4) is 0 Å². The third kappa shape index (κ3) is 6.33. The van der Waals surface area contributed by atoms with Gasteiger partial charge < -0.3 is 20.6 Å². The molecule has 0 bridgehead atoms. The van der Waals surface area contributed by atoms with Gasteiger partial charge in [-0.1, -0.05) is 20.8 Å². The van der Waals surface area contributed by atoms with Crippen molar-refractivity contribution in [3.05, 3.63) is 0 Å². The number of carboxylic acid groups (broad SMARTS) is 1. The molecular weight excluding hydrogens is 270 g/mol. The summed E-state index contributed by atoms with van der Waals surface area (Å²) < 4.78 is 0. The number of hydrogen-bond donors (Lipinski definition) is 3. The molecule has 0 aromatic carbocycles. The number of amides is 2. The van der Waals surface area contributed by atoms with Gasteiger partial charge >= 0.3 is 12.0 Å². The van der Waals surface area contributed by atoms with E-state index in [0.717, 1.165) is 25.9 Å². The smallest absolute Gasteiger partial charge is 0.326 e. The number of urea groups is 1. The van der Waals surface area contributed by atoms with E-state index in [-0.39, 0.29) is 17.4 Å². The van der Waals surface area contributed by atoms with Gasteiger partial charge in [0, 0.05) is 6.54 Å².